The maximum absolute atomic E-state index is 12.1. The molecule has 1 fully saturated rings. The third kappa shape index (κ3) is 3.85. The zero-order valence-electron chi connectivity index (χ0n) is 11.5. The Morgan fingerprint density at radius 3 is 2.57 bits per heavy atom. The molecule has 1 aromatic rings. The zero-order chi connectivity index (χ0) is 15.4. The Hall–Kier alpha value is -2.28. The van der Waals surface area contributed by atoms with Gasteiger partial charge in [0.1, 0.15) is 0 Å². The van der Waals surface area contributed by atoms with Gasteiger partial charge in [-0.2, -0.15) is 0 Å². The minimum absolute atomic E-state index is 0.0895. The van der Waals surface area contributed by atoms with Gasteiger partial charge >= 0.3 is 0 Å². The topological polar surface area (TPSA) is 107 Å². The molecule has 1 amide bonds. The number of non-ortho nitro benzene ring substituents is 1. The van der Waals surface area contributed by atoms with Gasteiger partial charge in [0.15, 0.2) is 5.78 Å². The second kappa shape index (κ2) is 6.45. The summed E-state index contributed by atoms with van der Waals surface area (Å²) in [6.45, 7) is 1.47. The van der Waals surface area contributed by atoms with Crippen molar-refractivity contribution in [2.24, 2.45) is 11.7 Å². The van der Waals surface area contributed by atoms with Crippen LogP contribution >= 0.6 is 0 Å². The first kappa shape index (κ1) is 15.1. The molecule has 0 saturated carbocycles. The molecule has 1 aliphatic heterocycles. The van der Waals surface area contributed by atoms with E-state index in [9.17, 15) is 19.7 Å². The molecular formula is C14H17N3O4. The van der Waals surface area contributed by atoms with Crippen LogP contribution in [0.2, 0.25) is 0 Å². The van der Waals surface area contributed by atoms with Crippen molar-refractivity contribution in [2.75, 3.05) is 19.6 Å². The van der Waals surface area contributed by atoms with E-state index >= 15 is 0 Å². The summed E-state index contributed by atoms with van der Waals surface area (Å²) in [6, 6.07) is 5.73. The number of ketones is 1. The second-order valence-corrected chi connectivity index (χ2v) is 5.18. The Morgan fingerprint density at radius 2 is 2.00 bits per heavy atom. The molecule has 0 unspecified atom stereocenters. The van der Waals surface area contributed by atoms with Gasteiger partial charge in [-0.05, 0) is 25.9 Å². The Morgan fingerprint density at radius 1 is 1.33 bits per heavy atom. The van der Waals surface area contributed by atoms with E-state index in [0.717, 1.165) is 0 Å². The average molecular weight is 291 g/mol. The van der Waals surface area contributed by atoms with Crippen molar-refractivity contribution in [1.82, 2.24) is 4.90 Å². The van der Waals surface area contributed by atoms with Gasteiger partial charge in [0.2, 0.25) is 5.91 Å². The normalized spacial score (nSPS) is 16.6. The van der Waals surface area contributed by atoms with Crippen LogP contribution in [0.15, 0.2) is 24.3 Å². The van der Waals surface area contributed by atoms with E-state index in [2.05, 4.69) is 0 Å². The van der Waals surface area contributed by atoms with E-state index in [4.69, 9.17) is 5.73 Å². The molecular weight excluding hydrogens is 274 g/mol. The summed E-state index contributed by atoms with van der Waals surface area (Å²) in [5, 5.41) is 10.7. The predicted molar refractivity (Wildman–Crippen MR) is 75.8 cm³/mol. The molecule has 0 aliphatic carbocycles. The molecule has 1 heterocycles. The fourth-order valence-corrected chi connectivity index (χ4v) is 2.46. The molecule has 7 heteroatoms. The first-order valence-electron chi connectivity index (χ1n) is 6.76. The van der Waals surface area contributed by atoms with Gasteiger partial charge in [-0.25, -0.2) is 0 Å². The van der Waals surface area contributed by atoms with Gasteiger partial charge in [-0.1, -0.05) is 12.1 Å². The van der Waals surface area contributed by atoms with Crippen LogP contribution in [0.1, 0.15) is 23.2 Å². The second-order valence-electron chi connectivity index (χ2n) is 5.18. The third-order valence-corrected chi connectivity index (χ3v) is 3.74. The number of nitro benzene ring substituents is 1. The van der Waals surface area contributed by atoms with Crippen molar-refractivity contribution in [3.05, 3.63) is 39.9 Å². The van der Waals surface area contributed by atoms with Crippen LogP contribution in [-0.4, -0.2) is 41.1 Å². The van der Waals surface area contributed by atoms with Crippen molar-refractivity contribution >= 4 is 17.4 Å². The number of carbonyl (C=O) groups excluding carboxylic acids is 2. The van der Waals surface area contributed by atoms with Gasteiger partial charge in [0.05, 0.1) is 11.5 Å². The molecule has 112 valence electrons. The first-order valence-corrected chi connectivity index (χ1v) is 6.76. The lowest BCUT2D eigenvalue weighted by atomic mass is 9.96. The number of nitrogens with two attached hydrogens (primary N) is 1. The average Bonchev–Trinajstić information content (AvgIpc) is 2.48. The number of nitro groups is 1. The third-order valence-electron chi connectivity index (χ3n) is 3.74. The Balaban J connectivity index is 1.95. The summed E-state index contributed by atoms with van der Waals surface area (Å²) in [7, 11) is 0. The van der Waals surface area contributed by atoms with Gasteiger partial charge in [-0.15, -0.1) is 0 Å². The molecule has 0 aromatic heterocycles. The van der Waals surface area contributed by atoms with Crippen molar-refractivity contribution in [3.63, 3.8) is 0 Å². The minimum atomic E-state index is -0.519. The predicted octanol–water partition coefficient (Wildman–Crippen LogP) is 0.975. The molecule has 2 N–H and O–H groups in total. The van der Waals surface area contributed by atoms with Gasteiger partial charge in [-0.3, -0.25) is 24.6 Å². The van der Waals surface area contributed by atoms with E-state index in [1.54, 1.807) is 6.07 Å². The molecule has 0 spiro atoms. The monoisotopic (exact) mass is 291 g/mol. The van der Waals surface area contributed by atoms with Crippen molar-refractivity contribution < 1.29 is 14.5 Å². The zero-order valence-corrected chi connectivity index (χ0v) is 11.5. The lowest BCUT2D eigenvalue weighted by Gasteiger charge is -2.29. The fourth-order valence-electron chi connectivity index (χ4n) is 2.46. The standard InChI is InChI=1S/C14H17N3O4/c15-14(19)10-4-6-16(7-5-10)9-13(18)11-2-1-3-12(8-11)17(20)21/h1-3,8,10H,4-7,9H2,(H2,15,19). The quantitative estimate of drug-likeness (QED) is 0.494. The highest BCUT2D eigenvalue weighted by atomic mass is 16.6. The summed E-state index contributed by atoms with van der Waals surface area (Å²) < 4.78 is 0. The van der Waals surface area contributed by atoms with Gasteiger partial charge in [0, 0.05) is 23.6 Å². The van der Waals surface area contributed by atoms with Crippen molar-refractivity contribution in [1.29, 1.82) is 0 Å². The summed E-state index contributed by atoms with van der Waals surface area (Å²) in [5.41, 5.74) is 5.51. The van der Waals surface area contributed by atoms with Crippen LogP contribution in [0.5, 0.6) is 0 Å². The highest BCUT2D eigenvalue weighted by Gasteiger charge is 2.24. The molecule has 0 atom stereocenters. The number of piperidine rings is 1. The highest BCUT2D eigenvalue weighted by molar-refractivity contribution is 5.98. The molecule has 21 heavy (non-hydrogen) atoms. The van der Waals surface area contributed by atoms with Crippen LogP contribution in [0.4, 0.5) is 5.69 Å². The number of rotatable bonds is 5. The van der Waals surface area contributed by atoms with Gasteiger partial charge < -0.3 is 5.73 Å². The molecule has 1 aromatic carbocycles. The van der Waals surface area contributed by atoms with Crippen molar-refractivity contribution in [3.8, 4) is 0 Å². The van der Waals surface area contributed by atoms with Crippen LogP contribution in [0.3, 0.4) is 0 Å². The number of hydrogen-bond donors (Lipinski definition) is 1. The van der Waals surface area contributed by atoms with E-state index in [0.29, 0.717) is 31.5 Å². The van der Waals surface area contributed by atoms with Crippen LogP contribution in [0.25, 0.3) is 0 Å². The van der Waals surface area contributed by atoms with E-state index in [1.165, 1.54) is 18.2 Å². The van der Waals surface area contributed by atoms with E-state index < -0.39 is 4.92 Å². The Labute approximate surface area is 121 Å². The molecule has 7 nitrogen and oxygen atoms in total. The summed E-state index contributed by atoms with van der Waals surface area (Å²) in [4.78, 5) is 35.4. The fraction of sp³-hybridized carbons (Fsp3) is 0.429. The Bertz CT molecular complexity index is 565. The smallest absolute Gasteiger partial charge is 0.270 e. The lowest BCUT2D eigenvalue weighted by Crippen LogP contribution is -2.40. The number of amides is 1. The number of hydrogen-bond acceptors (Lipinski definition) is 5. The number of benzene rings is 1. The molecule has 2 rings (SSSR count). The highest BCUT2D eigenvalue weighted by Crippen LogP contribution is 2.18. The molecule has 1 saturated heterocycles. The number of likely N-dealkylation sites (tertiary alicyclic amines) is 1. The molecule has 0 bridgehead atoms. The van der Waals surface area contributed by atoms with Crippen LogP contribution in [-0.2, 0) is 4.79 Å². The number of nitrogens with zero attached hydrogens (tertiary/aromatic N) is 2. The first-order chi connectivity index (χ1) is 9.97. The summed E-state index contributed by atoms with van der Waals surface area (Å²) in [6.07, 6.45) is 1.30. The minimum Gasteiger partial charge on any atom is -0.369 e. The van der Waals surface area contributed by atoms with Crippen molar-refractivity contribution in [2.45, 2.75) is 12.8 Å². The number of carbonyl (C=O) groups is 2. The molecule has 1 aliphatic rings. The number of Topliss-reactive ketones (excluding diaryl/α,β-unsaturated/α-hetero) is 1. The SMILES string of the molecule is NC(=O)C1CCN(CC(=O)c2cccc([N+](=O)[O-])c2)CC1. The lowest BCUT2D eigenvalue weighted by molar-refractivity contribution is -0.384. The maximum Gasteiger partial charge on any atom is 0.270 e. The summed E-state index contributed by atoms with van der Waals surface area (Å²) >= 11 is 0. The number of primary amides is 1. The maximum atomic E-state index is 12.1. The van der Waals surface area contributed by atoms with E-state index in [-0.39, 0.29) is 29.8 Å². The van der Waals surface area contributed by atoms with Gasteiger partial charge in [0.25, 0.3) is 5.69 Å². The largest absolute Gasteiger partial charge is 0.369 e. The Kier molecular flexibility index (Phi) is 4.64. The summed E-state index contributed by atoms with van der Waals surface area (Å²) in [5.74, 6) is -0.565. The molecule has 0 radical (unpaired) electrons. The van der Waals surface area contributed by atoms with E-state index in [1.807, 2.05) is 4.90 Å². The van der Waals surface area contributed by atoms with Crippen LogP contribution in [0, 0.1) is 16.0 Å². The van der Waals surface area contributed by atoms with Crippen LogP contribution < -0.4 is 5.73 Å².